The van der Waals surface area contributed by atoms with Gasteiger partial charge in [0.1, 0.15) is 5.75 Å². The van der Waals surface area contributed by atoms with Crippen molar-refractivity contribution in [3.8, 4) is 5.75 Å². The molecule has 5 heteroatoms. The van der Waals surface area contributed by atoms with Gasteiger partial charge in [-0.3, -0.25) is 0 Å². The van der Waals surface area contributed by atoms with Gasteiger partial charge in [0.25, 0.3) is 0 Å². The first-order valence-electron chi connectivity index (χ1n) is 5.21. The Morgan fingerprint density at radius 1 is 1.24 bits per heavy atom. The smallest absolute Gasteiger partial charge is 0.306 e. The normalized spacial score (nSPS) is 12.6. The van der Waals surface area contributed by atoms with E-state index in [0.29, 0.717) is 5.02 Å². The Labute approximate surface area is 108 Å². The van der Waals surface area contributed by atoms with Crippen LogP contribution in [-0.2, 0) is 15.5 Å². The maximum Gasteiger partial charge on any atom is 0.306 e. The van der Waals surface area contributed by atoms with Crippen LogP contribution in [0.25, 0.3) is 0 Å². The van der Waals surface area contributed by atoms with Crippen molar-refractivity contribution in [2.24, 2.45) is 0 Å². The fourth-order valence-corrected chi connectivity index (χ4v) is 2.43. The zero-order chi connectivity index (χ0) is 13.4. The Bertz CT molecular complexity index is 527. The summed E-state index contributed by atoms with van der Waals surface area (Å²) >= 11 is 6.14. The van der Waals surface area contributed by atoms with Crippen LogP contribution >= 0.6 is 11.6 Å². The minimum atomic E-state index is -3.52. The molecule has 0 aliphatic carbocycles. The van der Waals surface area contributed by atoms with E-state index in [1.165, 1.54) is 0 Å². The third-order valence-corrected chi connectivity index (χ3v) is 3.11. The van der Waals surface area contributed by atoms with Crippen molar-refractivity contribution in [1.29, 1.82) is 0 Å². The number of aryl methyl sites for hydroxylation is 1. The molecule has 0 amide bonds. The van der Waals surface area contributed by atoms with E-state index in [-0.39, 0.29) is 11.2 Å². The molecule has 0 aliphatic rings. The summed E-state index contributed by atoms with van der Waals surface area (Å²) in [6.07, 6.45) is 1.01. The van der Waals surface area contributed by atoms with Crippen molar-refractivity contribution >= 4 is 21.7 Å². The Hall–Kier alpha value is -0.740. The molecule has 0 unspecified atom stereocenters. The maximum absolute atomic E-state index is 11.1. The van der Waals surface area contributed by atoms with Crippen LogP contribution < -0.4 is 4.18 Å². The molecule has 0 spiro atoms. The summed E-state index contributed by atoms with van der Waals surface area (Å²) < 4.78 is 27.0. The molecule has 1 rings (SSSR count). The second-order valence-corrected chi connectivity index (χ2v) is 7.12. The van der Waals surface area contributed by atoms with E-state index >= 15 is 0 Å². The highest BCUT2D eigenvalue weighted by molar-refractivity contribution is 7.86. The van der Waals surface area contributed by atoms with Gasteiger partial charge in [0, 0.05) is 11.1 Å². The number of rotatable bonds is 2. The number of hydrogen-bond donors (Lipinski definition) is 0. The second kappa shape index (κ2) is 4.50. The number of halogens is 1. The molecule has 17 heavy (non-hydrogen) atoms. The van der Waals surface area contributed by atoms with E-state index in [1.54, 1.807) is 13.0 Å². The van der Waals surface area contributed by atoms with E-state index in [0.717, 1.165) is 17.4 Å². The Balaban J connectivity index is 3.29. The fraction of sp³-hybridized carbons (Fsp3) is 0.500. The van der Waals surface area contributed by atoms with Gasteiger partial charge in [0.05, 0.1) is 6.26 Å². The summed E-state index contributed by atoms with van der Waals surface area (Å²) in [5.74, 6) is 0.283. The van der Waals surface area contributed by atoms with E-state index in [4.69, 9.17) is 15.8 Å². The molecule has 96 valence electrons. The topological polar surface area (TPSA) is 43.4 Å². The van der Waals surface area contributed by atoms with Crippen LogP contribution in [0.4, 0.5) is 0 Å². The van der Waals surface area contributed by atoms with Gasteiger partial charge in [0.15, 0.2) is 0 Å². The average molecular weight is 277 g/mol. The minimum absolute atomic E-state index is 0.0918. The van der Waals surface area contributed by atoms with Crippen molar-refractivity contribution in [3.63, 3.8) is 0 Å². The Morgan fingerprint density at radius 2 is 1.76 bits per heavy atom. The molecule has 0 fully saturated rings. The first-order valence-corrected chi connectivity index (χ1v) is 7.40. The second-order valence-electron chi connectivity index (χ2n) is 5.14. The third kappa shape index (κ3) is 3.89. The zero-order valence-electron chi connectivity index (χ0n) is 10.7. The van der Waals surface area contributed by atoms with E-state index in [2.05, 4.69) is 0 Å². The van der Waals surface area contributed by atoms with Crippen LogP contribution in [-0.4, -0.2) is 14.7 Å². The molecular weight excluding hydrogens is 260 g/mol. The lowest BCUT2D eigenvalue weighted by Gasteiger charge is -2.22. The summed E-state index contributed by atoms with van der Waals surface area (Å²) in [5, 5.41) is 0.516. The molecule has 0 saturated heterocycles. The van der Waals surface area contributed by atoms with E-state index in [1.807, 2.05) is 26.8 Å². The predicted molar refractivity (Wildman–Crippen MR) is 70.4 cm³/mol. The van der Waals surface area contributed by atoms with Crippen molar-refractivity contribution < 1.29 is 12.6 Å². The van der Waals surface area contributed by atoms with Gasteiger partial charge in [-0.15, -0.1) is 0 Å². The highest BCUT2D eigenvalue weighted by atomic mass is 35.5. The lowest BCUT2D eigenvalue weighted by molar-refractivity contribution is 0.490. The van der Waals surface area contributed by atoms with Crippen molar-refractivity contribution in [1.82, 2.24) is 0 Å². The van der Waals surface area contributed by atoms with Gasteiger partial charge in [-0.05, 0) is 23.5 Å². The molecule has 0 N–H and O–H groups in total. The maximum atomic E-state index is 11.1. The fourth-order valence-electron chi connectivity index (χ4n) is 1.49. The Morgan fingerprint density at radius 3 is 2.18 bits per heavy atom. The van der Waals surface area contributed by atoms with Crippen molar-refractivity contribution in [2.45, 2.75) is 33.1 Å². The molecule has 0 atom stereocenters. The van der Waals surface area contributed by atoms with Gasteiger partial charge in [-0.1, -0.05) is 38.4 Å². The van der Waals surface area contributed by atoms with Gasteiger partial charge in [0.2, 0.25) is 0 Å². The molecule has 0 aromatic heterocycles. The quantitative estimate of drug-likeness (QED) is 0.779. The molecular formula is C12H17ClO3S. The van der Waals surface area contributed by atoms with Crippen LogP contribution in [0.1, 0.15) is 31.9 Å². The summed E-state index contributed by atoms with van der Waals surface area (Å²) in [7, 11) is -3.52. The first kappa shape index (κ1) is 14.3. The minimum Gasteiger partial charge on any atom is -0.382 e. The SMILES string of the molecule is Cc1cc(C(C)(C)C)c(Cl)cc1OS(C)(=O)=O. The Kier molecular flexibility index (Phi) is 3.79. The molecule has 1 aromatic rings. The van der Waals surface area contributed by atoms with Crippen LogP contribution in [0.15, 0.2) is 12.1 Å². The molecule has 0 aliphatic heterocycles. The summed E-state index contributed by atoms with van der Waals surface area (Å²) in [5.41, 5.74) is 1.63. The molecule has 0 heterocycles. The monoisotopic (exact) mass is 276 g/mol. The first-order chi connectivity index (χ1) is 7.50. The van der Waals surface area contributed by atoms with E-state index < -0.39 is 10.1 Å². The summed E-state index contributed by atoms with van der Waals surface area (Å²) in [6.45, 7) is 7.94. The molecule has 0 saturated carbocycles. The summed E-state index contributed by atoms with van der Waals surface area (Å²) in [4.78, 5) is 0. The lowest BCUT2D eigenvalue weighted by Crippen LogP contribution is -2.13. The zero-order valence-corrected chi connectivity index (χ0v) is 12.2. The van der Waals surface area contributed by atoms with Gasteiger partial charge >= 0.3 is 10.1 Å². The van der Waals surface area contributed by atoms with Crippen LogP contribution in [0, 0.1) is 6.92 Å². The van der Waals surface area contributed by atoms with E-state index in [9.17, 15) is 8.42 Å². The molecule has 0 bridgehead atoms. The molecule has 1 aromatic carbocycles. The number of benzene rings is 1. The third-order valence-electron chi connectivity index (χ3n) is 2.31. The molecule has 0 radical (unpaired) electrons. The number of hydrogen-bond acceptors (Lipinski definition) is 3. The van der Waals surface area contributed by atoms with Crippen LogP contribution in [0.3, 0.4) is 0 Å². The highest BCUT2D eigenvalue weighted by Crippen LogP contribution is 2.34. The highest BCUT2D eigenvalue weighted by Gasteiger charge is 2.20. The molecule has 3 nitrogen and oxygen atoms in total. The van der Waals surface area contributed by atoms with Crippen LogP contribution in [0.5, 0.6) is 5.75 Å². The predicted octanol–water partition coefficient (Wildman–Crippen LogP) is 3.28. The van der Waals surface area contributed by atoms with Gasteiger partial charge in [-0.25, -0.2) is 0 Å². The van der Waals surface area contributed by atoms with Gasteiger partial charge in [-0.2, -0.15) is 8.42 Å². The van der Waals surface area contributed by atoms with Crippen molar-refractivity contribution in [3.05, 3.63) is 28.3 Å². The largest absolute Gasteiger partial charge is 0.382 e. The summed E-state index contributed by atoms with van der Waals surface area (Å²) in [6, 6.07) is 3.42. The standard InChI is InChI=1S/C12H17ClO3S/c1-8-6-9(12(2,3)4)10(13)7-11(8)16-17(5,14)15/h6-7H,1-5H3. The van der Waals surface area contributed by atoms with Gasteiger partial charge < -0.3 is 4.18 Å². The average Bonchev–Trinajstić information content (AvgIpc) is 2.06. The van der Waals surface area contributed by atoms with Crippen LogP contribution in [0.2, 0.25) is 5.02 Å². The van der Waals surface area contributed by atoms with Crippen molar-refractivity contribution in [2.75, 3.05) is 6.26 Å². The lowest BCUT2D eigenvalue weighted by atomic mass is 9.86.